The summed E-state index contributed by atoms with van der Waals surface area (Å²) in [7, 11) is 0. The SMILES string of the molecule is O=C(CSc1ccccc1)Cc1ccc(Cl)c(Cl)c1. The molecule has 19 heavy (non-hydrogen) atoms. The van der Waals surface area contributed by atoms with E-state index >= 15 is 0 Å². The number of hydrogen-bond donors (Lipinski definition) is 0. The molecule has 0 fully saturated rings. The highest BCUT2D eigenvalue weighted by Gasteiger charge is 2.06. The Morgan fingerprint density at radius 3 is 2.42 bits per heavy atom. The Hall–Kier alpha value is -0.960. The van der Waals surface area contributed by atoms with E-state index in [0.717, 1.165) is 10.5 Å². The molecule has 2 aromatic rings. The predicted octanol–water partition coefficient (Wildman–Crippen LogP) is 4.90. The van der Waals surface area contributed by atoms with Gasteiger partial charge in [0.2, 0.25) is 0 Å². The van der Waals surface area contributed by atoms with Gasteiger partial charge in [-0.25, -0.2) is 0 Å². The van der Waals surface area contributed by atoms with Crippen molar-refractivity contribution in [3.8, 4) is 0 Å². The first kappa shape index (κ1) is 14.4. The zero-order valence-electron chi connectivity index (χ0n) is 10.1. The number of carbonyl (C=O) groups is 1. The summed E-state index contributed by atoms with van der Waals surface area (Å²) in [4.78, 5) is 13.0. The summed E-state index contributed by atoms with van der Waals surface area (Å²) in [6, 6.07) is 15.2. The summed E-state index contributed by atoms with van der Waals surface area (Å²) in [6.07, 6.45) is 0.386. The highest BCUT2D eigenvalue weighted by molar-refractivity contribution is 8.00. The van der Waals surface area contributed by atoms with E-state index in [1.807, 2.05) is 36.4 Å². The zero-order chi connectivity index (χ0) is 13.7. The molecule has 0 aliphatic rings. The standard InChI is InChI=1S/C15H12Cl2OS/c16-14-7-6-11(9-15(14)17)8-12(18)10-19-13-4-2-1-3-5-13/h1-7,9H,8,10H2. The van der Waals surface area contributed by atoms with E-state index in [0.29, 0.717) is 22.2 Å². The Bertz CT molecular complexity index is 570. The van der Waals surface area contributed by atoms with Gasteiger partial charge in [0.25, 0.3) is 0 Å². The Labute approximate surface area is 126 Å². The van der Waals surface area contributed by atoms with Gasteiger partial charge < -0.3 is 0 Å². The van der Waals surface area contributed by atoms with Crippen LogP contribution in [0.2, 0.25) is 10.0 Å². The summed E-state index contributed by atoms with van der Waals surface area (Å²) in [5.74, 6) is 0.636. The van der Waals surface area contributed by atoms with Gasteiger partial charge in [0.05, 0.1) is 15.8 Å². The summed E-state index contributed by atoms with van der Waals surface area (Å²) >= 11 is 13.3. The third-order valence-electron chi connectivity index (χ3n) is 2.53. The van der Waals surface area contributed by atoms with Gasteiger partial charge >= 0.3 is 0 Å². The molecule has 0 N–H and O–H groups in total. The van der Waals surface area contributed by atoms with Gasteiger partial charge in [-0.3, -0.25) is 4.79 Å². The van der Waals surface area contributed by atoms with Gasteiger partial charge in [-0.1, -0.05) is 47.5 Å². The molecular weight excluding hydrogens is 299 g/mol. The molecule has 1 nitrogen and oxygen atoms in total. The van der Waals surface area contributed by atoms with Crippen molar-refractivity contribution in [3.63, 3.8) is 0 Å². The average Bonchev–Trinajstić information content (AvgIpc) is 2.42. The second-order valence-corrected chi connectivity index (χ2v) is 5.93. The fraction of sp³-hybridized carbons (Fsp3) is 0.133. The number of Topliss-reactive ketones (excluding diaryl/α,β-unsaturated/α-hetero) is 1. The smallest absolute Gasteiger partial charge is 0.147 e. The van der Waals surface area contributed by atoms with Crippen LogP contribution < -0.4 is 0 Å². The van der Waals surface area contributed by atoms with Gasteiger partial charge in [-0.2, -0.15) is 0 Å². The van der Waals surface area contributed by atoms with E-state index in [9.17, 15) is 4.79 Å². The van der Waals surface area contributed by atoms with Gasteiger partial charge in [-0.15, -0.1) is 11.8 Å². The average molecular weight is 311 g/mol. The maximum absolute atomic E-state index is 11.9. The highest BCUT2D eigenvalue weighted by atomic mass is 35.5. The molecule has 0 radical (unpaired) electrons. The summed E-state index contributed by atoms with van der Waals surface area (Å²) in [5.41, 5.74) is 0.896. The monoisotopic (exact) mass is 310 g/mol. The minimum absolute atomic E-state index is 0.173. The van der Waals surface area contributed by atoms with Crippen LogP contribution in [0.1, 0.15) is 5.56 Å². The molecule has 0 aliphatic heterocycles. The molecule has 2 rings (SSSR count). The molecule has 0 bridgehead atoms. The van der Waals surface area contributed by atoms with Crippen LogP contribution in [0.5, 0.6) is 0 Å². The summed E-state index contributed by atoms with van der Waals surface area (Å²) < 4.78 is 0. The lowest BCUT2D eigenvalue weighted by molar-refractivity contribution is -0.116. The zero-order valence-corrected chi connectivity index (χ0v) is 12.4. The maximum Gasteiger partial charge on any atom is 0.147 e. The number of halogens is 2. The van der Waals surface area contributed by atoms with Crippen LogP contribution in [-0.4, -0.2) is 11.5 Å². The van der Waals surface area contributed by atoms with Crippen LogP contribution >= 0.6 is 35.0 Å². The molecule has 0 amide bonds. The van der Waals surface area contributed by atoms with Crippen molar-refractivity contribution in [1.29, 1.82) is 0 Å². The van der Waals surface area contributed by atoms with Crippen LogP contribution in [-0.2, 0) is 11.2 Å². The number of rotatable bonds is 5. The molecule has 0 aromatic heterocycles. The van der Waals surface area contributed by atoms with Crippen LogP contribution in [0, 0.1) is 0 Å². The topological polar surface area (TPSA) is 17.1 Å². The van der Waals surface area contributed by atoms with Crippen molar-refractivity contribution < 1.29 is 4.79 Å². The predicted molar refractivity (Wildman–Crippen MR) is 82.3 cm³/mol. The van der Waals surface area contributed by atoms with Gasteiger partial charge in [0, 0.05) is 11.3 Å². The van der Waals surface area contributed by atoms with E-state index in [1.54, 1.807) is 23.9 Å². The van der Waals surface area contributed by atoms with E-state index in [1.165, 1.54) is 0 Å². The Kier molecular flexibility index (Phi) is 5.32. The molecule has 2 aromatic carbocycles. The molecule has 0 heterocycles. The number of hydrogen-bond acceptors (Lipinski definition) is 2. The molecule has 0 atom stereocenters. The van der Waals surface area contributed by atoms with Crippen molar-refractivity contribution >= 4 is 40.7 Å². The van der Waals surface area contributed by atoms with Crippen LogP contribution in [0.4, 0.5) is 0 Å². The normalized spacial score (nSPS) is 10.4. The van der Waals surface area contributed by atoms with E-state index in [2.05, 4.69) is 0 Å². The minimum atomic E-state index is 0.173. The number of benzene rings is 2. The molecule has 4 heteroatoms. The number of ketones is 1. The molecule has 0 saturated carbocycles. The largest absolute Gasteiger partial charge is 0.298 e. The Balaban J connectivity index is 1.89. The summed E-state index contributed by atoms with van der Waals surface area (Å²) in [6.45, 7) is 0. The van der Waals surface area contributed by atoms with Gasteiger partial charge in [0.15, 0.2) is 0 Å². The molecule has 0 unspecified atom stereocenters. The fourth-order valence-electron chi connectivity index (χ4n) is 1.61. The van der Waals surface area contributed by atoms with Crippen molar-refractivity contribution in [3.05, 3.63) is 64.1 Å². The van der Waals surface area contributed by atoms with Crippen molar-refractivity contribution in [2.45, 2.75) is 11.3 Å². The highest BCUT2D eigenvalue weighted by Crippen LogP contribution is 2.23. The second kappa shape index (κ2) is 6.99. The van der Waals surface area contributed by atoms with Gasteiger partial charge in [-0.05, 0) is 29.8 Å². The van der Waals surface area contributed by atoms with E-state index in [4.69, 9.17) is 23.2 Å². The Morgan fingerprint density at radius 1 is 1.00 bits per heavy atom. The fourth-order valence-corrected chi connectivity index (χ4v) is 2.71. The van der Waals surface area contributed by atoms with Crippen LogP contribution in [0.15, 0.2) is 53.4 Å². The quantitative estimate of drug-likeness (QED) is 0.731. The first-order chi connectivity index (χ1) is 9.15. The van der Waals surface area contributed by atoms with Crippen molar-refractivity contribution in [2.24, 2.45) is 0 Å². The second-order valence-electron chi connectivity index (χ2n) is 4.07. The Morgan fingerprint density at radius 2 is 1.74 bits per heavy atom. The maximum atomic E-state index is 11.9. The molecule has 0 saturated heterocycles. The molecule has 0 spiro atoms. The molecule has 0 aliphatic carbocycles. The minimum Gasteiger partial charge on any atom is -0.298 e. The lowest BCUT2D eigenvalue weighted by Gasteiger charge is -2.03. The number of carbonyl (C=O) groups excluding carboxylic acids is 1. The van der Waals surface area contributed by atoms with Gasteiger partial charge in [0.1, 0.15) is 5.78 Å². The first-order valence-corrected chi connectivity index (χ1v) is 7.53. The van der Waals surface area contributed by atoms with E-state index < -0.39 is 0 Å². The first-order valence-electron chi connectivity index (χ1n) is 5.78. The van der Waals surface area contributed by atoms with Crippen molar-refractivity contribution in [2.75, 3.05) is 5.75 Å². The lowest BCUT2D eigenvalue weighted by atomic mass is 10.1. The van der Waals surface area contributed by atoms with Crippen molar-refractivity contribution in [1.82, 2.24) is 0 Å². The lowest BCUT2D eigenvalue weighted by Crippen LogP contribution is -2.05. The van der Waals surface area contributed by atoms with Crippen LogP contribution in [0.25, 0.3) is 0 Å². The summed E-state index contributed by atoms with van der Waals surface area (Å²) in [5, 5.41) is 0.999. The number of thioether (sulfide) groups is 1. The third-order valence-corrected chi connectivity index (χ3v) is 4.34. The van der Waals surface area contributed by atoms with Crippen LogP contribution in [0.3, 0.4) is 0 Å². The molecular formula is C15H12Cl2OS. The van der Waals surface area contributed by atoms with E-state index in [-0.39, 0.29) is 5.78 Å². The third kappa shape index (κ3) is 4.57. The molecule has 98 valence electrons.